The van der Waals surface area contributed by atoms with Crippen molar-refractivity contribution in [3.8, 4) is 0 Å². The normalized spacial score (nSPS) is 28.8. The first kappa shape index (κ1) is 39.8. The molecule has 2 aliphatic rings. The van der Waals surface area contributed by atoms with Gasteiger partial charge in [0.15, 0.2) is 12.6 Å². The first-order valence-electron chi connectivity index (χ1n) is 18.9. The highest BCUT2D eigenvalue weighted by Gasteiger charge is 2.43. The van der Waals surface area contributed by atoms with Crippen LogP contribution in [0.4, 0.5) is 0 Å². The third-order valence-electron chi connectivity index (χ3n) is 10.7. The summed E-state index contributed by atoms with van der Waals surface area (Å²) in [5, 5.41) is 9.66. The average Bonchev–Trinajstić information content (AvgIpc) is 3.19. The molecular formula is C45H58O7. The van der Waals surface area contributed by atoms with Crippen LogP contribution in [0, 0.1) is 23.7 Å². The van der Waals surface area contributed by atoms with Crippen LogP contribution in [-0.4, -0.2) is 48.7 Å². The highest BCUT2D eigenvalue weighted by atomic mass is 16.7. The van der Waals surface area contributed by atoms with Crippen LogP contribution in [0.15, 0.2) is 121 Å². The van der Waals surface area contributed by atoms with Crippen LogP contribution < -0.4 is 0 Å². The molecule has 0 saturated carbocycles. The van der Waals surface area contributed by atoms with Gasteiger partial charge in [-0.05, 0) is 52.3 Å². The Hall–Kier alpha value is -3.40. The summed E-state index contributed by atoms with van der Waals surface area (Å²) in [6, 6.07) is 40.6. The maximum Gasteiger partial charge on any atom is 0.184 e. The Balaban J connectivity index is 0.000000201. The largest absolute Gasteiger partial charge is 0.394 e. The van der Waals surface area contributed by atoms with Crippen molar-refractivity contribution >= 4 is 0 Å². The quantitative estimate of drug-likeness (QED) is 0.140. The van der Waals surface area contributed by atoms with Crippen molar-refractivity contribution in [2.45, 2.75) is 104 Å². The minimum atomic E-state index is -0.498. The van der Waals surface area contributed by atoms with Gasteiger partial charge >= 0.3 is 0 Å². The van der Waals surface area contributed by atoms with Crippen molar-refractivity contribution in [1.82, 2.24) is 0 Å². The summed E-state index contributed by atoms with van der Waals surface area (Å²) < 4.78 is 37.1. The first-order chi connectivity index (χ1) is 25.4. The Bertz CT molecular complexity index is 1410. The van der Waals surface area contributed by atoms with Crippen LogP contribution in [0.2, 0.25) is 0 Å². The van der Waals surface area contributed by atoms with Crippen molar-refractivity contribution in [3.05, 3.63) is 144 Å². The maximum atomic E-state index is 9.66. The molecule has 2 saturated heterocycles. The summed E-state index contributed by atoms with van der Waals surface area (Å²) in [6.07, 6.45) is -0.127. The second-order valence-electron chi connectivity index (χ2n) is 14.2. The van der Waals surface area contributed by atoms with Crippen molar-refractivity contribution in [1.29, 1.82) is 0 Å². The van der Waals surface area contributed by atoms with E-state index >= 15 is 0 Å². The minimum absolute atomic E-state index is 0.0118. The second-order valence-corrected chi connectivity index (χ2v) is 14.2. The van der Waals surface area contributed by atoms with Gasteiger partial charge in [-0.25, -0.2) is 0 Å². The molecule has 2 fully saturated rings. The molecule has 4 unspecified atom stereocenters. The fraction of sp³-hybridized carbons (Fsp3) is 0.467. The highest BCUT2D eigenvalue weighted by molar-refractivity contribution is 5.16. The predicted octanol–water partition coefficient (Wildman–Crippen LogP) is 8.97. The standard InChI is InChI=1S/C23H30O3.C22H28O4/c1-4-21-17(2)18(3)22(24-15-19-11-7-5-8-12-19)23(26-21)25-16-20-13-9-6-10-14-20;1-16-17(2)21(24-14-18-9-5-3-6-10-18)22(26-20(16)13-23)25-15-19-11-7-4-8-12-19/h5-14,17-18,21-23H,4,15-16H2,1-3H3;3-12,16-17,20-23H,13-15H2,1-2H3/t17-,18?,21?,22-,23+;16-,17?,20?,21-,22+/m00/s1. The van der Waals surface area contributed by atoms with Crippen LogP contribution in [-0.2, 0) is 54.8 Å². The summed E-state index contributed by atoms with van der Waals surface area (Å²) in [4.78, 5) is 0. The molecular weight excluding hydrogens is 652 g/mol. The van der Waals surface area contributed by atoms with Crippen molar-refractivity contribution in [3.63, 3.8) is 0 Å². The lowest BCUT2D eigenvalue weighted by molar-refractivity contribution is -0.290. The maximum absolute atomic E-state index is 9.66. The Morgan fingerprint density at radius 3 is 1.08 bits per heavy atom. The number of benzene rings is 4. The molecule has 52 heavy (non-hydrogen) atoms. The molecule has 6 rings (SSSR count). The van der Waals surface area contributed by atoms with Gasteiger partial charge in [-0.15, -0.1) is 0 Å². The molecule has 7 nitrogen and oxygen atoms in total. The molecule has 0 amide bonds. The summed E-state index contributed by atoms with van der Waals surface area (Å²) in [6.45, 7) is 13.0. The molecule has 4 aromatic rings. The molecule has 2 heterocycles. The number of rotatable bonds is 14. The van der Waals surface area contributed by atoms with E-state index in [1.165, 1.54) is 5.56 Å². The van der Waals surface area contributed by atoms with Crippen LogP contribution in [0.1, 0.15) is 63.3 Å². The number of hydrogen-bond donors (Lipinski definition) is 1. The topological polar surface area (TPSA) is 75.6 Å². The van der Waals surface area contributed by atoms with E-state index in [0.717, 1.165) is 23.1 Å². The summed E-state index contributed by atoms with van der Waals surface area (Å²) in [5.74, 6) is 1.22. The van der Waals surface area contributed by atoms with E-state index in [9.17, 15) is 5.11 Å². The Morgan fingerprint density at radius 1 is 0.442 bits per heavy atom. The average molecular weight is 711 g/mol. The van der Waals surface area contributed by atoms with Gasteiger partial charge in [-0.1, -0.05) is 156 Å². The van der Waals surface area contributed by atoms with Gasteiger partial charge in [0.2, 0.25) is 0 Å². The van der Waals surface area contributed by atoms with Gasteiger partial charge in [-0.2, -0.15) is 0 Å². The molecule has 10 atom stereocenters. The zero-order valence-corrected chi connectivity index (χ0v) is 31.5. The third-order valence-corrected chi connectivity index (χ3v) is 10.7. The Morgan fingerprint density at radius 2 is 0.750 bits per heavy atom. The zero-order chi connectivity index (χ0) is 36.7. The molecule has 280 valence electrons. The van der Waals surface area contributed by atoms with Gasteiger partial charge in [0.05, 0.1) is 45.2 Å². The van der Waals surface area contributed by atoms with Crippen molar-refractivity contribution in [2.24, 2.45) is 23.7 Å². The molecule has 4 aromatic carbocycles. The van der Waals surface area contributed by atoms with Gasteiger partial charge < -0.3 is 33.5 Å². The van der Waals surface area contributed by atoms with Gasteiger partial charge in [0.1, 0.15) is 12.2 Å². The molecule has 0 aromatic heterocycles. The van der Waals surface area contributed by atoms with Crippen LogP contribution in [0.3, 0.4) is 0 Å². The first-order valence-corrected chi connectivity index (χ1v) is 18.9. The SMILES string of the molecule is CC1[C@H](C)C(CO)O[C@@H](OCc2ccccc2)[C@H]1OCc1ccccc1.CCC1O[C@@H](OCc2ccccc2)[C@@H](OCc2ccccc2)C(C)[C@@H]1C. The molecule has 0 radical (unpaired) electrons. The summed E-state index contributed by atoms with van der Waals surface area (Å²) >= 11 is 0. The lowest BCUT2D eigenvalue weighted by Gasteiger charge is -2.44. The third kappa shape index (κ3) is 11.3. The second kappa shape index (κ2) is 20.7. The predicted molar refractivity (Wildman–Crippen MR) is 204 cm³/mol. The lowest BCUT2D eigenvalue weighted by atomic mass is 9.82. The van der Waals surface area contributed by atoms with Gasteiger partial charge in [0.25, 0.3) is 0 Å². The van der Waals surface area contributed by atoms with E-state index in [2.05, 4.69) is 58.9 Å². The smallest absolute Gasteiger partial charge is 0.184 e. The monoisotopic (exact) mass is 710 g/mol. The lowest BCUT2D eigenvalue weighted by Crippen LogP contribution is -2.52. The fourth-order valence-electron chi connectivity index (χ4n) is 6.96. The van der Waals surface area contributed by atoms with E-state index in [1.807, 2.05) is 97.1 Å². The van der Waals surface area contributed by atoms with E-state index < -0.39 is 6.29 Å². The summed E-state index contributed by atoms with van der Waals surface area (Å²) in [7, 11) is 0. The van der Waals surface area contributed by atoms with E-state index in [1.54, 1.807) is 0 Å². The molecule has 1 N–H and O–H groups in total. The van der Waals surface area contributed by atoms with Crippen LogP contribution in [0.5, 0.6) is 0 Å². The fourth-order valence-corrected chi connectivity index (χ4v) is 6.96. The summed E-state index contributed by atoms with van der Waals surface area (Å²) in [5.41, 5.74) is 4.53. The number of hydrogen-bond acceptors (Lipinski definition) is 7. The van der Waals surface area contributed by atoms with Gasteiger partial charge in [0, 0.05) is 0 Å². The Labute approximate surface area is 311 Å². The minimum Gasteiger partial charge on any atom is -0.394 e. The molecule has 2 aliphatic heterocycles. The van der Waals surface area contributed by atoms with Crippen molar-refractivity contribution < 1.29 is 33.5 Å². The van der Waals surface area contributed by atoms with E-state index in [0.29, 0.717) is 38.3 Å². The zero-order valence-electron chi connectivity index (χ0n) is 31.5. The number of ether oxygens (including phenoxy) is 6. The number of aliphatic hydroxyl groups is 1. The van der Waals surface area contributed by atoms with Crippen LogP contribution in [0.25, 0.3) is 0 Å². The van der Waals surface area contributed by atoms with Gasteiger partial charge in [-0.3, -0.25) is 0 Å². The highest BCUT2D eigenvalue weighted by Crippen LogP contribution is 2.36. The molecule has 0 spiro atoms. The van der Waals surface area contributed by atoms with E-state index in [4.69, 9.17) is 28.4 Å². The van der Waals surface area contributed by atoms with Crippen LogP contribution >= 0.6 is 0 Å². The molecule has 0 bridgehead atoms. The number of aliphatic hydroxyl groups excluding tert-OH is 1. The van der Waals surface area contributed by atoms with Crippen molar-refractivity contribution in [2.75, 3.05) is 6.61 Å². The Kier molecular flexibility index (Phi) is 15.9. The molecule has 7 heteroatoms. The molecule has 0 aliphatic carbocycles. The van der Waals surface area contributed by atoms with E-state index in [-0.39, 0.29) is 49.1 Å².